The molecule has 20 heavy (non-hydrogen) atoms. The maximum absolute atomic E-state index is 12.4. The number of amides is 1. The summed E-state index contributed by atoms with van der Waals surface area (Å²) < 4.78 is 1.55. The number of hydrogen-bond acceptors (Lipinski definition) is 3. The summed E-state index contributed by atoms with van der Waals surface area (Å²) in [6.45, 7) is 2.45. The van der Waals surface area contributed by atoms with E-state index in [1.54, 1.807) is 30.6 Å². The first-order valence-corrected chi connectivity index (χ1v) is 6.59. The van der Waals surface area contributed by atoms with Gasteiger partial charge in [-0.15, -0.1) is 0 Å². The number of carbonyl (C=O) groups excluding carboxylic acids is 1. The van der Waals surface area contributed by atoms with Gasteiger partial charge in [0.1, 0.15) is 5.69 Å². The van der Waals surface area contributed by atoms with E-state index < -0.39 is 0 Å². The zero-order valence-corrected chi connectivity index (χ0v) is 12.1. The number of hydrogen-bond donors (Lipinski definition) is 1. The van der Waals surface area contributed by atoms with Gasteiger partial charge in [0.25, 0.3) is 5.91 Å². The maximum atomic E-state index is 12.4. The first-order chi connectivity index (χ1) is 9.50. The van der Waals surface area contributed by atoms with Crippen LogP contribution in [-0.4, -0.2) is 34.2 Å². The van der Waals surface area contributed by atoms with Gasteiger partial charge >= 0.3 is 0 Å². The van der Waals surface area contributed by atoms with Crippen LogP contribution in [0.4, 0.5) is 5.69 Å². The van der Waals surface area contributed by atoms with Gasteiger partial charge in [-0.25, -0.2) is 0 Å². The van der Waals surface area contributed by atoms with Gasteiger partial charge in [0, 0.05) is 20.6 Å². The third kappa shape index (κ3) is 2.82. The molecule has 2 aromatic rings. The molecule has 0 saturated carbocycles. The van der Waals surface area contributed by atoms with E-state index in [1.165, 1.54) is 5.56 Å². The summed E-state index contributed by atoms with van der Waals surface area (Å²) in [6, 6.07) is 10.1. The number of nitrogens with two attached hydrogens (primary N) is 1. The van der Waals surface area contributed by atoms with Gasteiger partial charge in [0.05, 0.1) is 11.4 Å². The Morgan fingerprint density at radius 2 is 2.00 bits per heavy atom. The van der Waals surface area contributed by atoms with E-state index in [9.17, 15) is 4.79 Å². The molecule has 0 aliphatic heterocycles. The van der Waals surface area contributed by atoms with Crippen LogP contribution >= 0.6 is 0 Å². The molecule has 0 fully saturated rings. The van der Waals surface area contributed by atoms with Gasteiger partial charge in [-0.05, 0) is 18.9 Å². The van der Waals surface area contributed by atoms with E-state index >= 15 is 0 Å². The van der Waals surface area contributed by atoms with Crippen LogP contribution in [0.1, 0.15) is 21.7 Å². The number of rotatable bonds is 4. The summed E-state index contributed by atoms with van der Waals surface area (Å²) in [5.74, 6) is -0.0958. The van der Waals surface area contributed by atoms with E-state index in [2.05, 4.69) is 17.2 Å². The molecule has 5 nitrogen and oxygen atoms in total. The van der Waals surface area contributed by atoms with Crippen LogP contribution < -0.4 is 5.73 Å². The van der Waals surface area contributed by atoms with Crippen LogP contribution in [0.5, 0.6) is 0 Å². The summed E-state index contributed by atoms with van der Waals surface area (Å²) in [4.78, 5) is 14.1. The van der Waals surface area contributed by atoms with E-state index in [0.29, 0.717) is 23.6 Å². The Hall–Kier alpha value is -2.30. The molecule has 1 amide bonds. The predicted molar refractivity (Wildman–Crippen MR) is 79.5 cm³/mol. The molecule has 1 heterocycles. The molecule has 0 saturated heterocycles. The van der Waals surface area contributed by atoms with Gasteiger partial charge in [0.15, 0.2) is 0 Å². The van der Waals surface area contributed by atoms with Gasteiger partial charge in [0.2, 0.25) is 0 Å². The first-order valence-electron chi connectivity index (χ1n) is 6.59. The average Bonchev–Trinajstić information content (AvgIpc) is 2.70. The summed E-state index contributed by atoms with van der Waals surface area (Å²) in [5, 5.41) is 4.18. The lowest BCUT2D eigenvalue weighted by molar-refractivity contribution is 0.0787. The van der Waals surface area contributed by atoms with Crippen LogP contribution in [-0.2, 0) is 13.5 Å². The second-order valence-corrected chi connectivity index (χ2v) is 4.93. The van der Waals surface area contributed by atoms with Crippen LogP contribution in [0, 0.1) is 6.92 Å². The normalized spacial score (nSPS) is 10.6. The second kappa shape index (κ2) is 5.77. The largest absolute Gasteiger partial charge is 0.395 e. The molecule has 5 heteroatoms. The Kier molecular flexibility index (Phi) is 4.08. The van der Waals surface area contributed by atoms with Crippen molar-refractivity contribution >= 4 is 11.6 Å². The van der Waals surface area contributed by atoms with Crippen molar-refractivity contribution in [1.29, 1.82) is 0 Å². The minimum absolute atomic E-state index is 0.0958. The zero-order valence-electron chi connectivity index (χ0n) is 12.1. The minimum atomic E-state index is -0.0958. The van der Waals surface area contributed by atoms with E-state index in [4.69, 9.17) is 5.73 Å². The molecule has 2 rings (SSSR count). The van der Waals surface area contributed by atoms with Crippen molar-refractivity contribution in [1.82, 2.24) is 14.7 Å². The molecule has 0 bridgehead atoms. The molecule has 0 unspecified atom stereocenters. The highest BCUT2D eigenvalue weighted by atomic mass is 16.2. The van der Waals surface area contributed by atoms with E-state index in [1.807, 2.05) is 18.2 Å². The maximum Gasteiger partial charge on any atom is 0.274 e. The SMILES string of the molecule is Cc1nn(C)c(C(=O)N(C)CCc2ccccc2)c1N. The minimum Gasteiger partial charge on any atom is -0.395 e. The summed E-state index contributed by atoms with van der Waals surface area (Å²) in [5.41, 5.74) is 8.73. The summed E-state index contributed by atoms with van der Waals surface area (Å²) in [7, 11) is 3.52. The lowest BCUT2D eigenvalue weighted by atomic mass is 10.1. The highest BCUT2D eigenvalue weighted by Gasteiger charge is 2.20. The molecule has 106 valence electrons. The number of nitrogens with zero attached hydrogens (tertiary/aromatic N) is 3. The number of carbonyl (C=O) groups is 1. The molecule has 0 atom stereocenters. The highest BCUT2D eigenvalue weighted by Crippen LogP contribution is 2.17. The van der Waals surface area contributed by atoms with Gasteiger partial charge in [-0.3, -0.25) is 9.48 Å². The molecule has 1 aromatic carbocycles. The number of nitrogen functional groups attached to an aromatic ring is 1. The molecule has 0 aliphatic carbocycles. The van der Waals surface area contributed by atoms with Crippen molar-refractivity contribution in [3.63, 3.8) is 0 Å². The van der Waals surface area contributed by atoms with Crippen LogP contribution in [0.2, 0.25) is 0 Å². The van der Waals surface area contributed by atoms with Gasteiger partial charge in [-0.1, -0.05) is 30.3 Å². The molecule has 1 aromatic heterocycles. The lowest BCUT2D eigenvalue weighted by Crippen LogP contribution is -2.31. The Morgan fingerprint density at radius 3 is 2.55 bits per heavy atom. The van der Waals surface area contributed by atoms with E-state index in [-0.39, 0.29) is 5.91 Å². The Balaban J connectivity index is 2.05. The molecule has 2 N–H and O–H groups in total. The Labute approximate surface area is 119 Å². The fourth-order valence-corrected chi connectivity index (χ4v) is 2.15. The molecule has 0 spiro atoms. The quantitative estimate of drug-likeness (QED) is 0.920. The van der Waals surface area contributed by atoms with Crippen LogP contribution in [0.15, 0.2) is 30.3 Å². The van der Waals surface area contributed by atoms with Gasteiger partial charge < -0.3 is 10.6 Å². The Bertz CT molecular complexity index is 604. The van der Waals surface area contributed by atoms with Crippen molar-refractivity contribution in [3.05, 3.63) is 47.3 Å². The van der Waals surface area contributed by atoms with Crippen molar-refractivity contribution < 1.29 is 4.79 Å². The monoisotopic (exact) mass is 272 g/mol. The highest BCUT2D eigenvalue weighted by molar-refractivity contribution is 5.97. The van der Waals surface area contributed by atoms with Gasteiger partial charge in [-0.2, -0.15) is 5.10 Å². The predicted octanol–water partition coefficient (Wildman–Crippen LogP) is 1.63. The molecule has 0 radical (unpaired) electrons. The fraction of sp³-hybridized carbons (Fsp3) is 0.333. The van der Waals surface area contributed by atoms with Crippen LogP contribution in [0.25, 0.3) is 0 Å². The molecule has 0 aliphatic rings. The average molecular weight is 272 g/mol. The van der Waals surface area contributed by atoms with Crippen molar-refractivity contribution in [2.75, 3.05) is 19.3 Å². The summed E-state index contributed by atoms with van der Waals surface area (Å²) >= 11 is 0. The fourth-order valence-electron chi connectivity index (χ4n) is 2.15. The Morgan fingerprint density at radius 1 is 1.35 bits per heavy atom. The summed E-state index contributed by atoms with van der Waals surface area (Å²) in [6.07, 6.45) is 0.819. The van der Waals surface area contributed by atoms with Crippen LogP contribution in [0.3, 0.4) is 0 Å². The smallest absolute Gasteiger partial charge is 0.274 e. The number of likely N-dealkylation sites (N-methyl/N-ethyl adjacent to an activating group) is 1. The molecular weight excluding hydrogens is 252 g/mol. The van der Waals surface area contributed by atoms with Crippen molar-refractivity contribution in [2.45, 2.75) is 13.3 Å². The lowest BCUT2D eigenvalue weighted by Gasteiger charge is -2.17. The number of anilines is 1. The third-order valence-corrected chi connectivity index (χ3v) is 3.40. The number of benzene rings is 1. The molecular formula is C15H20N4O. The van der Waals surface area contributed by atoms with E-state index in [0.717, 1.165) is 6.42 Å². The second-order valence-electron chi connectivity index (χ2n) is 4.93. The van der Waals surface area contributed by atoms with Crippen molar-refractivity contribution in [3.8, 4) is 0 Å². The number of aryl methyl sites for hydroxylation is 2. The topological polar surface area (TPSA) is 64.2 Å². The zero-order chi connectivity index (χ0) is 14.7. The van der Waals surface area contributed by atoms with Crippen molar-refractivity contribution in [2.24, 2.45) is 7.05 Å². The standard InChI is InChI=1S/C15H20N4O/c1-11-13(16)14(19(3)17-11)15(20)18(2)10-9-12-7-5-4-6-8-12/h4-8H,9-10,16H2,1-3H3. The third-order valence-electron chi connectivity index (χ3n) is 3.40. The first kappa shape index (κ1) is 14.1. The number of aromatic nitrogens is 2.